The maximum atomic E-state index is 12.8. The summed E-state index contributed by atoms with van der Waals surface area (Å²) < 4.78 is 17.6. The molecule has 0 spiro atoms. The smallest absolute Gasteiger partial charge is 0.411 e. The van der Waals surface area contributed by atoms with Crippen molar-refractivity contribution in [3.05, 3.63) is 59.9 Å². The number of hydrogen-bond acceptors (Lipinski definition) is 3. The SMILES string of the molecule is CCOC(=O)Nc1cccc(C=Nc2ccc(F)cc2)c1. The number of aliphatic imine (C=N–C) groups is 1. The van der Waals surface area contributed by atoms with Crippen molar-refractivity contribution >= 4 is 23.7 Å². The van der Waals surface area contributed by atoms with Gasteiger partial charge in [0, 0.05) is 11.9 Å². The number of nitrogens with zero attached hydrogens (tertiary/aromatic N) is 1. The monoisotopic (exact) mass is 286 g/mol. The summed E-state index contributed by atoms with van der Waals surface area (Å²) in [4.78, 5) is 15.6. The molecule has 5 heteroatoms. The Morgan fingerprint density at radius 3 is 2.76 bits per heavy atom. The third-order valence-electron chi connectivity index (χ3n) is 2.60. The van der Waals surface area contributed by atoms with E-state index in [0.717, 1.165) is 5.56 Å². The standard InChI is InChI=1S/C16H15FN2O2/c1-2-21-16(20)19-15-5-3-4-12(10-15)11-18-14-8-6-13(17)7-9-14/h3-11H,2H2,1H3,(H,19,20). The first-order valence-electron chi connectivity index (χ1n) is 6.51. The summed E-state index contributed by atoms with van der Waals surface area (Å²) in [6.45, 7) is 2.06. The van der Waals surface area contributed by atoms with E-state index in [1.807, 2.05) is 6.07 Å². The first kappa shape index (κ1) is 14.7. The number of nitrogens with one attached hydrogen (secondary N) is 1. The predicted octanol–water partition coefficient (Wildman–Crippen LogP) is 4.14. The molecule has 108 valence electrons. The fraction of sp³-hybridized carbons (Fsp3) is 0.125. The number of halogens is 1. The lowest BCUT2D eigenvalue weighted by molar-refractivity contribution is 0.168. The van der Waals surface area contributed by atoms with Crippen LogP contribution in [0.15, 0.2) is 53.5 Å². The van der Waals surface area contributed by atoms with E-state index in [2.05, 4.69) is 10.3 Å². The Morgan fingerprint density at radius 2 is 2.05 bits per heavy atom. The molecule has 1 amide bonds. The first-order valence-corrected chi connectivity index (χ1v) is 6.51. The molecule has 0 fully saturated rings. The third-order valence-corrected chi connectivity index (χ3v) is 2.60. The van der Waals surface area contributed by atoms with Gasteiger partial charge >= 0.3 is 6.09 Å². The number of hydrogen-bond donors (Lipinski definition) is 1. The fourth-order valence-corrected chi connectivity index (χ4v) is 1.66. The highest BCUT2D eigenvalue weighted by Crippen LogP contribution is 2.14. The second kappa shape index (κ2) is 7.19. The average molecular weight is 286 g/mol. The van der Waals surface area contributed by atoms with Crippen molar-refractivity contribution in [1.29, 1.82) is 0 Å². The van der Waals surface area contributed by atoms with Gasteiger partial charge in [0.05, 0.1) is 12.3 Å². The van der Waals surface area contributed by atoms with Crippen LogP contribution in [0.4, 0.5) is 20.6 Å². The van der Waals surface area contributed by atoms with Gasteiger partial charge in [-0.2, -0.15) is 0 Å². The van der Waals surface area contributed by atoms with Crippen LogP contribution in [0.3, 0.4) is 0 Å². The third kappa shape index (κ3) is 4.72. The fourth-order valence-electron chi connectivity index (χ4n) is 1.66. The van der Waals surface area contributed by atoms with Gasteiger partial charge in [-0.25, -0.2) is 9.18 Å². The molecule has 4 nitrogen and oxygen atoms in total. The van der Waals surface area contributed by atoms with Crippen molar-refractivity contribution in [3.8, 4) is 0 Å². The van der Waals surface area contributed by atoms with Crippen LogP contribution in [0, 0.1) is 5.82 Å². The van der Waals surface area contributed by atoms with Crippen LogP contribution in [-0.2, 0) is 4.74 Å². The molecule has 0 aromatic heterocycles. The van der Waals surface area contributed by atoms with Crippen LogP contribution in [0.25, 0.3) is 0 Å². The van der Waals surface area contributed by atoms with Crippen LogP contribution in [-0.4, -0.2) is 18.9 Å². The molecule has 0 aliphatic carbocycles. The predicted molar refractivity (Wildman–Crippen MR) is 80.7 cm³/mol. The highest BCUT2D eigenvalue weighted by molar-refractivity contribution is 5.88. The number of carbonyl (C=O) groups is 1. The van der Waals surface area contributed by atoms with Crippen LogP contribution in [0.1, 0.15) is 12.5 Å². The summed E-state index contributed by atoms with van der Waals surface area (Å²) in [6.07, 6.45) is 1.15. The van der Waals surface area contributed by atoms with Crippen LogP contribution in [0.5, 0.6) is 0 Å². The zero-order valence-corrected chi connectivity index (χ0v) is 11.5. The molecule has 2 rings (SSSR count). The average Bonchev–Trinajstić information content (AvgIpc) is 2.47. The van der Waals surface area contributed by atoms with Crippen LogP contribution >= 0.6 is 0 Å². The number of amides is 1. The molecule has 0 heterocycles. The van der Waals surface area contributed by atoms with Gasteiger partial charge in [0.1, 0.15) is 5.82 Å². The van der Waals surface area contributed by atoms with E-state index in [-0.39, 0.29) is 5.82 Å². The summed E-state index contributed by atoms with van der Waals surface area (Å²) in [7, 11) is 0. The molecule has 0 bridgehead atoms. The van der Waals surface area contributed by atoms with Crippen LogP contribution in [0.2, 0.25) is 0 Å². The van der Waals surface area contributed by atoms with E-state index >= 15 is 0 Å². The molecule has 0 radical (unpaired) electrons. The number of anilines is 1. The lowest BCUT2D eigenvalue weighted by Crippen LogP contribution is -2.13. The molecule has 0 aliphatic rings. The van der Waals surface area contributed by atoms with E-state index in [1.54, 1.807) is 43.5 Å². The molecule has 2 aromatic carbocycles. The highest BCUT2D eigenvalue weighted by Gasteiger charge is 2.01. The Bertz CT molecular complexity index is 639. The number of rotatable bonds is 4. The van der Waals surface area contributed by atoms with Gasteiger partial charge in [-0.3, -0.25) is 10.3 Å². The molecule has 21 heavy (non-hydrogen) atoms. The second-order valence-electron chi connectivity index (χ2n) is 4.21. The van der Waals surface area contributed by atoms with Gasteiger partial charge in [-0.05, 0) is 48.9 Å². The van der Waals surface area contributed by atoms with Crippen molar-refractivity contribution in [2.24, 2.45) is 4.99 Å². The van der Waals surface area contributed by atoms with E-state index in [0.29, 0.717) is 18.0 Å². The van der Waals surface area contributed by atoms with E-state index < -0.39 is 6.09 Å². The molecule has 2 aromatic rings. The van der Waals surface area contributed by atoms with Crippen molar-refractivity contribution in [3.63, 3.8) is 0 Å². The molecule has 0 saturated carbocycles. The number of benzene rings is 2. The van der Waals surface area contributed by atoms with E-state index in [4.69, 9.17) is 4.74 Å². The van der Waals surface area contributed by atoms with Gasteiger partial charge in [-0.1, -0.05) is 12.1 Å². The lowest BCUT2D eigenvalue weighted by atomic mass is 10.2. The van der Waals surface area contributed by atoms with Gasteiger partial charge in [0.25, 0.3) is 0 Å². The van der Waals surface area contributed by atoms with Crippen LogP contribution < -0.4 is 5.32 Å². The Morgan fingerprint density at radius 1 is 1.29 bits per heavy atom. The maximum Gasteiger partial charge on any atom is 0.411 e. The molecular formula is C16H15FN2O2. The molecule has 0 unspecified atom stereocenters. The molecule has 0 atom stereocenters. The Balaban J connectivity index is 2.06. The van der Waals surface area contributed by atoms with Gasteiger partial charge < -0.3 is 4.74 Å². The zero-order valence-electron chi connectivity index (χ0n) is 11.5. The van der Waals surface area contributed by atoms with Crippen molar-refractivity contribution in [1.82, 2.24) is 0 Å². The summed E-state index contributed by atoms with van der Waals surface area (Å²) in [5, 5.41) is 2.62. The van der Waals surface area contributed by atoms with Crippen molar-refractivity contribution in [2.75, 3.05) is 11.9 Å². The minimum Gasteiger partial charge on any atom is -0.450 e. The van der Waals surface area contributed by atoms with Crippen molar-refractivity contribution < 1.29 is 13.9 Å². The second-order valence-corrected chi connectivity index (χ2v) is 4.21. The molecule has 0 aliphatic heterocycles. The summed E-state index contributed by atoms with van der Waals surface area (Å²) >= 11 is 0. The molecule has 1 N–H and O–H groups in total. The maximum absolute atomic E-state index is 12.8. The van der Waals surface area contributed by atoms with Gasteiger partial charge in [-0.15, -0.1) is 0 Å². The van der Waals surface area contributed by atoms with Gasteiger partial charge in [0.2, 0.25) is 0 Å². The Labute approximate surface area is 122 Å². The highest BCUT2D eigenvalue weighted by atomic mass is 19.1. The Hall–Kier alpha value is -2.69. The molecular weight excluding hydrogens is 271 g/mol. The first-order chi connectivity index (χ1) is 10.2. The van der Waals surface area contributed by atoms with E-state index in [1.165, 1.54) is 12.1 Å². The number of ether oxygens (including phenoxy) is 1. The summed E-state index contributed by atoms with van der Waals surface area (Å²) in [6, 6.07) is 13.1. The topological polar surface area (TPSA) is 50.7 Å². The molecule has 0 saturated heterocycles. The minimum atomic E-state index is -0.495. The van der Waals surface area contributed by atoms with Gasteiger partial charge in [0.15, 0.2) is 0 Å². The van der Waals surface area contributed by atoms with E-state index in [9.17, 15) is 9.18 Å². The largest absolute Gasteiger partial charge is 0.450 e. The normalized spacial score (nSPS) is 10.6. The summed E-state index contributed by atoms with van der Waals surface area (Å²) in [5.74, 6) is -0.297. The Kier molecular flexibility index (Phi) is 5.04. The van der Waals surface area contributed by atoms with Crippen molar-refractivity contribution in [2.45, 2.75) is 6.92 Å². The minimum absolute atomic E-state index is 0.297. The lowest BCUT2D eigenvalue weighted by Gasteiger charge is -2.05. The summed E-state index contributed by atoms with van der Waals surface area (Å²) in [5.41, 5.74) is 2.09. The quantitative estimate of drug-likeness (QED) is 0.858. The zero-order chi connectivity index (χ0) is 15.1. The number of carbonyl (C=O) groups excluding carboxylic acids is 1.